The summed E-state index contributed by atoms with van der Waals surface area (Å²) in [5.41, 5.74) is -1.15. The van der Waals surface area contributed by atoms with Crippen LogP contribution in [0, 0.1) is 0 Å². The van der Waals surface area contributed by atoms with Gasteiger partial charge in [-0.2, -0.15) is 0 Å². The zero-order valence-corrected chi connectivity index (χ0v) is 11.0. The van der Waals surface area contributed by atoms with Gasteiger partial charge in [-0.1, -0.05) is 0 Å². The van der Waals surface area contributed by atoms with Crippen LogP contribution < -0.4 is 0 Å². The largest absolute Gasteiger partial charge is 0.466 e. The van der Waals surface area contributed by atoms with E-state index in [0.717, 1.165) is 8.66 Å². The average molecular weight is 293 g/mol. The molecule has 0 aliphatic carbocycles. The van der Waals surface area contributed by atoms with Gasteiger partial charge in [0.05, 0.1) is 16.8 Å². The number of aliphatic hydroxyl groups is 1. The van der Waals surface area contributed by atoms with Crippen molar-refractivity contribution in [3.8, 4) is 0 Å². The van der Waals surface area contributed by atoms with E-state index in [4.69, 9.17) is 4.74 Å². The molecule has 1 N–H and O–H groups in total. The number of carbonyl (C=O) groups is 1. The molecule has 5 heteroatoms. The molecule has 15 heavy (non-hydrogen) atoms. The number of halogens is 1. The first-order chi connectivity index (χ1) is 6.95. The summed E-state index contributed by atoms with van der Waals surface area (Å²) in [6, 6.07) is 3.65. The SMILES string of the molecule is CCOC(=O)CC(C)(O)c1ccc(Br)s1. The topological polar surface area (TPSA) is 46.5 Å². The van der Waals surface area contributed by atoms with Crippen molar-refractivity contribution in [3.05, 3.63) is 20.8 Å². The third-order valence-electron chi connectivity index (χ3n) is 1.90. The highest BCUT2D eigenvalue weighted by molar-refractivity contribution is 9.11. The molecule has 0 saturated heterocycles. The first-order valence-corrected chi connectivity index (χ1v) is 6.20. The fraction of sp³-hybridized carbons (Fsp3) is 0.500. The molecule has 3 nitrogen and oxygen atoms in total. The van der Waals surface area contributed by atoms with Crippen LogP contribution >= 0.6 is 27.3 Å². The van der Waals surface area contributed by atoms with Crippen LogP contribution in [0.1, 0.15) is 25.1 Å². The highest BCUT2D eigenvalue weighted by Gasteiger charge is 2.28. The van der Waals surface area contributed by atoms with Crippen molar-refractivity contribution in [2.75, 3.05) is 6.61 Å². The van der Waals surface area contributed by atoms with E-state index in [1.165, 1.54) is 11.3 Å². The fourth-order valence-electron chi connectivity index (χ4n) is 1.18. The van der Waals surface area contributed by atoms with Crippen molar-refractivity contribution in [3.63, 3.8) is 0 Å². The predicted octanol–water partition coefficient (Wildman–Crippen LogP) is 2.67. The Kier molecular flexibility index (Phi) is 4.31. The van der Waals surface area contributed by atoms with Crippen LogP contribution in [0.5, 0.6) is 0 Å². The smallest absolute Gasteiger partial charge is 0.309 e. The van der Waals surface area contributed by atoms with Gasteiger partial charge < -0.3 is 9.84 Å². The number of esters is 1. The normalized spacial score (nSPS) is 14.7. The standard InChI is InChI=1S/C10H13BrO3S/c1-3-14-9(12)6-10(2,13)7-4-5-8(11)15-7/h4-5,13H,3,6H2,1-2H3. The van der Waals surface area contributed by atoms with Crippen LogP contribution in [0.15, 0.2) is 15.9 Å². The highest BCUT2D eigenvalue weighted by Crippen LogP contribution is 2.33. The molecule has 0 spiro atoms. The van der Waals surface area contributed by atoms with Crippen molar-refractivity contribution >= 4 is 33.2 Å². The number of thiophene rings is 1. The van der Waals surface area contributed by atoms with Gasteiger partial charge in [-0.3, -0.25) is 4.79 Å². The highest BCUT2D eigenvalue weighted by atomic mass is 79.9. The Balaban J connectivity index is 2.70. The lowest BCUT2D eigenvalue weighted by Crippen LogP contribution is -2.25. The summed E-state index contributed by atoms with van der Waals surface area (Å²) in [6.07, 6.45) is -0.0200. The van der Waals surface area contributed by atoms with Crippen LogP contribution in [-0.2, 0) is 15.1 Å². The molecule has 0 aliphatic heterocycles. The van der Waals surface area contributed by atoms with Gasteiger partial charge in [-0.15, -0.1) is 11.3 Å². The maximum absolute atomic E-state index is 11.2. The number of ether oxygens (including phenoxy) is 1. The van der Waals surface area contributed by atoms with E-state index in [1.807, 2.05) is 6.07 Å². The Hall–Kier alpha value is -0.390. The Bertz CT molecular complexity index is 346. The zero-order chi connectivity index (χ0) is 11.5. The molecule has 0 aromatic carbocycles. The van der Waals surface area contributed by atoms with E-state index in [2.05, 4.69) is 15.9 Å². The maximum Gasteiger partial charge on any atom is 0.309 e. The first-order valence-electron chi connectivity index (χ1n) is 4.59. The van der Waals surface area contributed by atoms with Crippen molar-refractivity contribution in [1.29, 1.82) is 0 Å². The number of carbonyl (C=O) groups excluding carboxylic acids is 1. The Morgan fingerprint density at radius 3 is 2.80 bits per heavy atom. The van der Waals surface area contributed by atoms with Gasteiger partial charge in [0.1, 0.15) is 5.60 Å². The van der Waals surface area contributed by atoms with E-state index in [9.17, 15) is 9.90 Å². The van der Waals surface area contributed by atoms with Gasteiger partial charge in [0.15, 0.2) is 0 Å². The number of hydrogen-bond acceptors (Lipinski definition) is 4. The Morgan fingerprint density at radius 1 is 1.67 bits per heavy atom. The minimum Gasteiger partial charge on any atom is -0.466 e. The monoisotopic (exact) mass is 292 g/mol. The lowest BCUT2D eigenvalue weighted by atomic mass is 10.0. The van der Waals surface area contributed by atoms with Gasteiger partial charge >= 0.3 is 5.97 Å². The van der Waals surface area contributed by atoms with Crippen LogP contribution in [0.3, 0.4) is 0 Å². The zero-order valence-electron chi connectivity index (χ0n) is 8.62. The molecular formula is C10H13BrO3S. The van der Waals surface area contributed by atoms with Crippen molar-refractivity contribution in [2.45, 2.75) is 25.9 Å². The van der Waals surface area contributed by atoms with Crippen LogP contribution in [0.4, 0.5) is 0 Å². The van der Waals surface area contributed by atoms with Gasteiger partial charge in [-0.25, -0.2) is 0 Å². The summed E-state index contributed by atoms with van der Waals surface area (Å²) < 4.78 is 5.73. The first kappa shape index (κ1) is 12.7. The Morgan fingerprint density at radius 2 is 2.33 bits per heavy atom. The third-order valence-corrected chi connectivity index (χ3v) is 3.77. The molecule has 1 unspecified atom stereocenters. The van der Waals surface area contributed by atoms with Gasteiger partial charge in [0, 0.05) is 4.88 Å². The summed E-state index contributed by atoms with van der Waals surface area (Å²) in [5, 5.41) is 10.1. The second-order valence-electron chi connectivity index (χ2n) is 3.36. The molecule has 1 aromatic heterocycles. The molecule has 0 saturated carbocycles. The third kappa shape index (κ3) is 3.59. The van der Waals surface area contributed by atoms with Crippen LogP contribution in [0.2, 0.25) is 0 Å². The predicted molar refractivity (Wildman–Crippen MR) is 62.8 cm³/mol. The number of hydrogen-bond donors (Lipinski definition) is 1. The van der Waals surface area contributed by atoms with E-state index in [-0.39, 0.29) is 12.4 Å². The van der Waals surface area contributed by atoms with E-state index < -0.39 is 5.60 Å². The lowest BCUT2D eigenvalue weighted by Gasteiger charge is -2.20. The fourth-order valence-corrected chi connectivity index (χ4v) is 2.61. The maximum atomic E-state index is 11.2. The van der Waals surface area contributed by atoms with Crippen molar-refractivity contribution in [2.24, 2.45) is 0 Å². The molecule has 1 atom stereocenters. The molecule has 0 amide bonds. The summed E-state index contributed by atoms with van der Waals surface area (Å²) in [5.74, 6) is -0.382. The minimum atomic E-state index is -1.15. The summed E-state index contributed by atoms with van der Waals surface area (Å²) in [6.45, 7) is 3.69. The molecule has 1 rings (SSSR count). The molecule has 0 radical (unpaired) electrons. The molecule has 84 valence electrons. The van der Waals surface area contributed by atoms with Crippen LogP contribution in [-0.4, -0.2) is 17.7 Å². The summed E-state index contributed by atoms with van der Waals surface area (Å²) >= 11 is 4.73. The summed E-state index contributed by atoms with van der Waals surface area (Å²) in [4.78, 5) is 12.0. The Labute approximate surface area is 101 Å². The van der Waals surface area contributed by atoms with Crippen molar-refractivity contribution < 1.29 is 14.6 Å². The minimum absolute atomic E-state index is 0.0200. The van der Waals surface area contributed by atoms with E-state index in [1.54, 1.807) is 19.9 Å². The van der Waals surface area contributed by atoms with Crippen LogP contribution in [0.25, 0.3) is 0 Å². The van der Waals surface area contributed by atoms with Crippen molar-refractivity contribution in [1.82, 2.24) is 0 Å². The van der Waals surface area contributed by atoms with E-state index in [0.29, 0.717) is 6.61 Å². The molecule has 1 heterocycles. The van der Waals surface area contributed by atoms with E-state index >= 15 is 0 Å². The quantitative estimate of drug-likeness (QED) is 0.868. The van der Waals surface area contributed by atoms with Gasteiger partial charge in [0.25, 0.3) is 0 Å². The van der Waals surface area contributed by atoms with Gasteiger partial charge in [-0.05, 0) is 41.9 Å². The molecule has 0 fully saturated rings. The average Bonchev–Trinajstić information content (AvgIpc) is 2.51. The second-order valence-corrected chi connectivity index (χ2v) is 5.82. The second kappa shape index (κ2) is 5.09. The molecular weight excluding hydrogens is 280 g/mol. The number of rotatable bonds is 4. The molecule has 0 aliphatic rings. The van der Waals surface area contributed by atoms with Gasteiger partial charge in [0.2, 0.25) is 0 Å². The molecule has 0 bridgehead atoms. The lowest BCUT2D eigenvalue weighted by molar-refractivity contribution is -0.148. The molecule has 1 aromatic rings. The summed E-state index contributed by atoms with van der Waals surface area (Å²) in [7, 11) is 0.